The zero-order chi connectivity index (χ0) is 11.3. The molecule has 0 spiro atoms. The maximum Gasteiger partial charge on any atom is 0.336 e. The van der Waals surface area contributed by atoms with Gasteiger partial charge in [0.1, 0.15) is 0 Å². The fraction of sp³-hybridized carbons (Fsp3) is 0. The summed E-state index contributed by atoms with van der Waals surface area (Å²) < 4.78 is 26.2. The third-order valence-electron chi connectivity index (χ3n) is 2.21. The molecule has 0 saturated carbocycles. The monoisotopic (exact) mass is 256 g/mol. The van der Waals surface area contributed by atoms with Gasteiger partial charge in [0, 0.05) is 0 Å². The van der Waals surface area contributed by atoms with Crippen molar-refractivity contribution in [2.45, 2.75) is 0 Å². The number of carbonyl (C=O) groups is 1. The molecular formula is C8H8N4O4S. The predicted octanol–water partition coefficient (Wildman–Crippen LogP) is -0.560. The zero-order valence-corrected chi connectivity index (χ0v) is 9.15. The van der Waals surface area contributed by atoms with E-state index in [9.17, 15) is 13.2 Å². The van der Waals surface area contributed by atoms with Gasteiger partial charge in [-0.2, -0.15) is 12.4 Å². The van der Waals surface area contributed by atoms with Crippen LogP contribution in [0.15, 0.2) is 24.3 Å². The average molecular weight is 256 g/mol. The van der Waals surface area contributed by atoms with E-state index in [1.807, 2.05) is 4.72 Å². The quantitative estimate of drug-likeness (QED) is 0.655. The van der Waals surface area contributed by atoms with Crippen LogP contribution in [0.3, 0.4) is 0 Å². The van der Waals surface area contributed by atoms with E-state index >= 15 is 0 Å². The molecule has 0 saturated heterocycles. The summed E-state index contributed by atoms with van der Waals surface area (Å²) in [7, 11) is -3.88. The van der Waals surface area contributed by atoms with Crippen molar-refractivity contribution in [1.82, 2.24) is 13.7 Å². The molecule has 0 radical (unpaired) electrons. The number of nitrogens with zero attached hydrogens (tertiary/aromatic N) is 2. The second-order valence-corrected chi connectivity index (χ2v) is 4.77. The first-order chi connectivity index (χ1) is 7.58. The number of hydrogen-bond donors (Lipinski definition) is 2. The molecule has 0 unspecified atom stereocenters. The number of hydrogen-bond acceptors (Lipinski definition) is 4. The summed E-state index contributed by atoms with van der Waals surface area (Å²) in [6.07, 6.45) is 0. The van der Waals surface area contributed by atoms with Gasteiger partial charge in [-0.25, -0.2) is 14.5 Å². The van der Waals surface area contributed by atoms with Crippen molar-refractivity contribution in [2.75, 3.05) is 5.32 Å². The number of amides is 2. The summed E-state index contributed by atoms with van der Waals surface area (Å²) >= 11 is 0. The lowest BCUT2D eigenvalue weighted by molar-refractivity contribution is 0.256. The summed E-state index contributed by atoms with van der Waals surface area (Å²) in [5.74, 6) is 0.00458. The van der Waals surface area contributed by atoms with E-state index in [1.165, 1.54) is 0 Å². The lowest BCUT2D eigenvalue weighted by Crippen LogP contribution is -2.43. The Kier molecular flexibility index (Phi) is 2.29. The van der Waals surface area contributed by atoms with Crippen LogP contribution in [-0.4, -0.2) is 28.9 Å². The lowest BCUT2D eigenvalue weighted by atomic mass is 10.3. The van der Waals surface area contributed by atoms with Crippen LogP contribution < -0.4 is 10.0 Å². The van der Waals surface area contributed by atoms with Crippen LogP contribution in [0.4, 0.5) is 10.7 Å². The molecule has 1 aromatic carbocycles. The maximum absolute atomic E-state index is 11.7. The summed E-state index contributed by atoms with van der Waals surface area (Å²) in [4.78, 5) is 15.1. The minimum atomic E-state index is -3.88. The number of benzene rings is 1. The highest BCUT2D eigenvalue weighted by molar-refractivity contribution is 7.89. The van der Waals surface area contributed by atoms with E-state index in [2.05, 4.69) is 10.3 Å². The van der Waals surface area contributed by atoms with Crippen molar-refractivity contribution < 1.29 is 18.7 Å². The summed E-state index contributed by atoms with van der Waals surface area (Å²) in [5.41, 5.74) is 0.926. The average Bonchev–Trinajstić information content (AvgIpc) is 2.53. The molecule has 2 heterocycles. The van der Waals surface area contributed by atoms with Crippen molar-refractivity contribution in [1.29, 1.82) is 0 Å². The Morgan fingerprint density at radius 2 is 1.94 bits per heavy atom. The van der Waals surface area contributed by atoms with Crippen molar-refractivity contribution in [3.8, 4) is 0 Å². The molecule has 1 aromatic heterocycles. The number of imidazole rings is 1. The minimum absolute atomic E-state index is 0. The molecule has 0 aliphatic carbocycles. The van der Waals surface area contributed by atoms with Crippen LogP contribution in [0.25, 0.3) is 11.0 Å². The Morgan fingerprint density at radius 1 is 1.24 bits per heavy atom. The third-order valence-corrected chi connectivity index (χ3v) is 3.50. The van der Waals surface area contributed by atoms with E-state index in [1.54, 1.807) is 24.3 Å². The smallest absolute Gasteiger partial charge is 0.336 e. The summed E-state index contributed by atoms with van der Waals surface area (Å²) in [6, 6.07) is 5.92. The van der Waals surface area contributed by atoms with Crippen LogP contribution in [0, 0.1) is 0 Å². The number of aromatic nitrogens is 2. The molecule has 1 aliphatic rings. The van der Waals surface area contributed by atoms with E-state index < -0.39 is 16.2 Å². The van der Waals surface area contributed by atoms with Gasteiger partial charge in [0.15, 0.2) is 0 Å². The summed E-state index contributed by atoms with van der Waals surface area (Å²) in [5, 5.41) is 2.33. The molecule has 2 aromatic rings. The molecular weight excluding hydrogens is 248 g/mol. The third kappa shape index (κ3) is 1.52. The molecule has 0 fully saturated rings. The van der Waals surface area contributed by atoms with Gasteiger partial charge >= 0.3 is 16.2 Å². The first kappa shape index (κ1) is 11.4. The number of urea groups is 1. The molecule has 3 rings (SSSR count). The molecule has 2 amide bonds. The number of anilines is 1. The predicted molar refractivity (Wildman–Crippen MR) is 59.8 cm³/mol. The summed E-state index contributed by atoms with van der Waals surface area (Å²) in [6.45, 7) is 0. The fourth-order valence-corrected chi connectivity index (χ4v) is 2.72. The topological polar surface area (TPSA) is 125 Å². The van der Waals surface area contributed by atoms with E-state index in [0.29, 0.717) is 11.0 Å². The van der Waals surface area contributed by atoms with Gasteiger partial charge in [-0.3, -0.25) is 5.32 Å². The highest BCUT2D eigenvalue weighted by atomic mass is 32.2. The molecule has 17 heavy (non-hydrogen) atoms. The molecule has 9 heteroatoms. The molecule has 0 bridgehead atoms. The minimum Gasteiger partial charge on any atom is -0.412 e. The zero-order valence-electron chi connectivity index (χ0n) is 8.34. The first-order valence-electron chi connectivity index (χ1n) is 4.40. The largest absolute Gasteiger partial charge is 0.412 e. The number of nitrogens with one attached hydrogen (secondary N) is 2. The van der Waals surface area contributed by atoms with E-state index in [-0.39, 0.29) is 11.4 Å². The van der Waals surface area contributed by atoms with Crippen molar-refractivity contribution in [3.05, 3.63) is 24.3 Å². The molecule has 8 nitrogen and oxygen atoms in total. The van der Waals surface area contributed by atoms with Crippen LogP contribution in [0.1, 0.15) is 0 Å². The van der Waals surface area contributed by atoms with Crippen molar-refractivity contribution in [2.24, 2.45) is 0 Å². The molecule has 4 N–H and O–H groups in total. The SMILES string of the molecule is O.O=C1Nc2nc3ccccc3n2S(=O)(=O)N1. The van der Waals surface area contributed by atoms with Crippen molar-refractivity contribution in [3.63, 3.8) is 0 Å². The number of carbonyl (C=O) groups excluding carboxylic acids is 1. The Balaban J connectivity index is 0.00000108. The molecule has 1 aliphatic heterocycles. The Labute approximate surface area is 95.7 Å². The van der Waals surface area contributed by atoms with Gasteiger partial charge in [-0.05, 0) is 12.1 Å². The number of rotatable bonds is 0. The highest BCUT2D eigenvalue weighted by Gasteiger charge is 2.29. The van der Waals surface area contributed by atoms with Crippen LogP contribution in [0.2, 0.25) is 0 Å². The van der Waals surface area contributed by atoms with Gasteiger partial charge in [0.05, 0.1) is 11.0 Å². The Morgan fingerprint density at radius 3 is 2.71 bits per heavy atom. The van der Waals surface area contributed by atoms with E-state index in [4.69, 9.17) is 0 Å². The Bertz CT molecular complexity index is 705. The molecule has 0 atom stereocenters. The number of para-hydroxylation sites is 2. The standard InChI is InChI=1S/C8H6N4O3S.H2O/c13-8-10-7-9-5-3-1-2-4-6(5)12(7)16(14,15)11-8;/h1-4H,(H2,9,10,11,13);1H2. The van der Waals surface area contributed by atoms with E-state index in [0.717, 1.165) is 3.97 Å². The maximum atomic E-state index is 11.7. The first-order valence-corrected chi connectivity index (χ1v) is 5.84. The number of fused-ring (bicyclic) bond motifs is 3. The van der Waals surface area contributed by atoms with Gasteiger partial charge in [-0.15, -0.1) is 0 Å². The van der Waals surface area contributed by atoms with Crippen LogP contribution >= 0.6 is 0 Å². The highest BCUT2D eigenvalue weighted by Crippen LogP contribution is 2.23. The van der Waals surface area contributed by atoms with Crippen LogP contribution in [-0.2, 0) is 10.2 Å². The van der Waals surface area contributed by atoms with Gasteiger partial charge in [0.2, 0.25) is 5.95 Å². The normalized spacial score (nSPS) is 16.6. The second kappa shape index (κ2) is 3.43. The van der Waals surface area contributed by atoms with Gasteiger partial charge in [0.25, 0.3) is 0 Å². The van der Waals surface area contributed by atoms with Crippen LogP contribution in [0.5, 0.6) is 0 Å². The fourth-order valence-electron chi connectivity index (χ4n) is 1.62. The molecule has 90 valence electrons. The lowest BCUT2D eigenvalue weighted by Gasteiger charge is -2.16. The Hall–Kier alpha value is -2.13. The van der Waals surface area contributed by atoms with Gasteiger partial charge in [-0.1, -0.05) is 12.1 Å². The van der Waals surface area contributed by atoms with Gasteiger partial charge < -0.3 is 5.48 Å². The van der Waals surface area contributed by atoms with Crippen molar-refractivity contribution >= 4 is 33.2 Å². The second-order valence-electron chi connectivity index (χ2n) is 3.25.